The third-order valence-electron chi connectivity index (χ3n) is 3.75. The Morgan fingerprint density at radius 2 is 2.04 bits per heavy atom. The molecule has 1 amide bonds. The molecular formula is C18H14FN3O4S. The standard InChI is InChI=1S/C18H14FN3O4S/c1-10-2-4-13(12(19)6-10)20-16(23)8-27-18-22-21-17(26-18)11-3-5-14-15(7-11)25-9-24-14/h2-7H,8-9H2,1H3,(H,20,23). The predicted molar refractivity (Wildman–Crippen MR) is 96.3 cm³/mol. The molecule has 3 aromatic rings. The predicted octanol–water partition coefficient (Wildman–Crippen LogP) is 3.64. The van der Waals surface area contributed by atoms with E-state index in [4.69, 9.17) is 13.9 Å². The number of fused-ring (bicyclic) bond motifs is 1. The van der Waals surface area contributed by atoms with Crippen LogP contribution in [0.15, 0.2) is 46.0 Å². The molecule has 0 aliphatic carbocycles. The Morgan fingerprint density at radius 3 is 2.89 bits per heavy atom. The minimum atomic E-state index is -0.476. The summed E-state index contributed by atoms with van der Waals surface area (Å²) in [4.78, 5) is 12.0. The van der Waals surface area contributed by atoms with Gasteiger partial charge in [0, 0.05) is 5.56 Å². The fourth-order valence-electron chi connectivity index (χ4n) is 2.45. The third kappa shape index (κ3) is 3.87. The van der Waals surface area contributed by atoms with Gasteiger partial charge in [-0.2, -0.15) is 0 Å². The van der Waals surface area contributed by atoms with Crippen molar-refractivity contribution in [2.24, 2.45) is 0 Å². The van der Waals surface area contributed by atoms with Gasteiger partial charge in [-0.1, -0.05) is 17.8 Å². The summed E-state index contributed by atoms with van der Waals surface area (Å²) in [6.45, 7) is 1.96. The van der Waals surface area contributed by atoms with Gasteiger partial charge in [0.2, 0.25) is 18.6 Å². The van der Waals surface area contributed by atoms with Crippen LogP contribution in [-0.2, 0) is 4.79 Å². The molecule has 0 spiro atoms. The van der Waals surface area contributed by atoms with E-state index in [0.29, 0.717) is 23.0 Å². The second-order valence-corrected chi connectivity index (χ2v) is 6.69. The molecule has 2 heterocycles. The Hall–Kier alpha value is -3.07. The maximum absolute atomic E-state index is 13.8. The average molecular weight is 387 g/mol. The fourth-order valence-corrected chi connectivity index (χ4v) is 3.01. The number of carbonyl (C=O) groups is 1. The molecule has 1 aromatic heterocycles. The summed E-state index contributed by atoms with van der Waals surface area (Å²) in [6.07, 6.45) is 0. The van der Waals surface area contributed by atoms with Crippen LogP contribution in [0.2, 0.25) is 0 Å². The number of hydrogen-bond donors (Lipinski definition) is 1. The molecule has 7 nitrogen and oxygen atoms in total. The monoisotopic (exact) mass is 387 g/mol. The molecule has 9 heteroatoms. The molecule has 1 aliphatic heterocycles. The van der Waals surface area contributed by atoms with Gasteiger partial charge in [0.15, 0.2) is 11.5 Å². The van der Waals surface area contributed by atoms with Crippen LogP contribution in [0.5, 0.6) is 11.5 Å². The van der Waals surface area contributed by atoms with Gasteiger partial charge in [-0.25, -0.2) is 4.39 Å². The maximum atomic E-state index is 13.8. The summed E-state index contributed by atoms with van der Waals surface area (Å²) < 4.78 is 29.9. The molecule has 0 saturated heterocycles. The van der Waals surface area contributed by atoms with Crippen molar-refractivity contribution in [1.29, 1.82) is 0 Å². The first-order valence-electron chi connectivity index (χ1n) is 8.01. The van der Waals surface area contributed by atoms with Crippen molar-refractivity contribution >= 4 is 23.4 Å². The zero-order chi connectivity index (χ0) is 18.8. The Morgan fingerprint density at radius 1 is 1.19 bits per heavy atom. The van der Waals surface area contributed by atoms with Crippen LogP contribution >= 0.6 is 11.8 Å². The van der Waals surface area contributed by atoms with Crippen molar-refractivity contribution in [3.05, 3.63) is 47.8 Å². The van der Waals surface area contributed by atoms with Gasteiger partial charge in [0.1, 0.15) is 5.82 Å². The molecule has 0 unspecified atom stereocenters. The van der Waals surface area contributed by atoms with Gasteiger partial charge in [-0.3, -0.25) is 4.79 Å². The first kappa shape index (κ1) is 17.3. The molecule has 0 atom stereocenters. The topological polar surface area (TPSA) is 86.5 Å². The van der Waals surface area contributed by atoms with Crippen molar-refractivity contribution in [3.8, 4) is 23.0 Å². The second-order valence-electron chi connectivity index (χ2n) is 5.76. The molecule has 0 radical (unpaired) electrons. The lowest BCUT2D eigenvalue weighted by Gasteiger charge is -2.05. The summed E-state index contributed by atoms with van der Waals surface area (Å²) in [5, 5.41) is 10.6. The number of amides is 1. The Labute approximate surface area is 157 Å². The van der Waals surface area contributed by atoms with Gasteiger partial charge in [0.25, 0.3) is 5.22 Å². The number of benzene rings is 2. The van der Waals surface area contributed by atoms with E-state index < -0.39 is 5.82 Å². The SMILES string of the molecule is Cc1ccc(NC(=O)CSc2nnc(-c3ccc4c(c3)OCO4)o2)c(F)c1. The van der Waals surface area contributed by atoms with E-state index in [2.05, 4.69) is 15.5 Å². The quantitative estimate of drug-likeness (QED) is 0.669. The molecule has 2 aromatic carbocycles. The summed E-state index contributed by atoms with van der Waals surface area (Å²) in [7, 11) is 0. The summed E-state index contributed by atoms with van der Waals surface area (Å²) in [5.74, 6) is 0.741. The van der Waals surface area contributed by atoms with Crippen molar-refractivity contribution in [3.63, 3.8) is 0 Å². The normalized spacial score (nSPS) is 12.2. The van der Waals surface area contributed by atoms with Crippen LogP contribution in [0, 0.1) is 12.7 Å². The summed E-state index contributed by atoms with van der Waals surface area (Å²) >= 11 is 1.07. The van der Waals surface area contributed by atoms with Crippen LogP contribution in [-0.4, -0.2) is 28.7 Å². The van der Waals surface area contributed by atoms with Gasteiger partial charge < -0.3 is 19.2 Å². The third-order valence-corrected chi connectivity index (χ3v) is 4.57. The molecule has 1 aliphatic rings. The lowest BCUT2D eigenvalue weighted by Crippen LogP contribution is -2.15. The molecule has 1 N–H and O–H groups in total. The highest BCUT2D eigenvalue weighted by molar-refractivity contribution is 7.99. The lowest BCUT2D eigenvalue weighted by atomic mass is 10.2. The van der Waals surface area contributed by atoms with Gasteiger partial charge in [0.05, 0.1) is 11.4 Å². The first-order chi connectivity index (χ1) is 13.1. The number of aromatic nitrogens is 2. The number of halogens is 1. The number of aryl methyl sites for hydroxylation is 1. The number of carbonyl (C=O) groups excluding carboxylic acids is 1. The second kappa shape index (κ2) is 7.28. The van der Waals surface area contributed by atoms with Crippen molar-refractivity contribution < 1.29 is 23.1 Å². The number of ether oxygens (including phenoxy) is 2. The Kier molecular flexibility index (Phi) is 4.68. The number of thioether (sulfide) groups is 1. The first-order valence-corrected chi connectivity index (χ1v) is 8.99. The van der Waals surface area contributed by atoms with Crippen LogP contribution in [0.25, 0.3) is 11.5 Å². The van der Waals surface area contributed by atoms with E-state index in [9.17, 15) is 9.18 Å². The molecule has 0 fully saturated rings. The highest BCUT2D eigenvalue weighted by Gasteiger charge is 2.17. The minimum Gasteiger partial charge on any atom is -0.454 e. The average Bonchev–Trinajstić information content (AvgIpc) is 3.30. The van der Waals surface area contributed by atoms with Crippen LogP contribution < -0.4 is 14.8 Å². The summed E-state index contributed by atoms with van der Waals surface area (Å²) in [5.41, 5.74) is 1.60. The van der Waals surface area contributed by atoms with Crippen molar-refractivity contribution in [2.45, 2.75) is 12.1 Å². The Bertz CT molecular complexity index is 1010. The zero-order valence-electron chi connectivity index (χ0n) is 14.2. The molecule has 138 valence electrons. The number of rotatable bonds is 5. The number of hydrogen-bond acceptors (Lipinski definition) is 7. The fraction of sp³-hybridized carbons (Fsp3) is 0.167. The van der Waals surface area contributed by atoms with Crippen LogP contribution in [0.3, 0.4) is 0 Å². The lowest BCUT2D eigenvalue weighted by molar-refractivity contribution is -0.113. The van der Waals surface area contributed by atoms with E-state index >= 15 is 0 Å². The van der Waals surface area contributed by atoms with E-state index in [0.717, 1.165) is 17.3 Å². The number of nitrogens with zero attached hydrogens (tertiary/aromatic N) is 2. The largest absolute Gasteiger partial charge is 0.454 e. The highest BCUT2D eigenvalue weighted by Crippen LogP contribution is 2.36. The van der Waals surface area contributed by atoms with E-state index in [1.54, 1.807) is 31.2 Å². The van der Waals surface area contributed by atoms with Crippen LogP contribution in [0.4, 0.5) is 10.1 Å². The molecular weight excluding hydrogens is 373 g/mol. The van der Waals surface area contributed by atoms with E-state index in [1.165, 1.54) is 12.1 Å². The highest BCUT2D eigenvalue weighted by atomic mass is 32.2. The smallest absolute Gasteiger partial charge is 0.277 e. The van der Waals surface area contributed by atoms with E-state index in [1.807, 2.05) is 0 Å². The molecule has 0 saturated carbocycles. The van der Waals surface area contributed by atoms with Gasteiger partial charge in [-0.15, -0.1) is 10.2 Å². The van der Waals surface area contributed by atoms with Crippen molar-refractivity contribution in [1.82, 2.24) is 10.2 Å². The van der Waals surface area contributed by atoms with E-state index in [-0.39, 0.29) is 29.4 Å². The molecule has 0 bridgehead atoms. The summed E-state index contributed by atoms with van der Waals surface area (Å²) in [6, 6.07) is 9.90. The van der Waals surface area contributed by atoms with Crippen molar-refractivity contribution in [2.75, 3.05) is 17.9 Å². The number of anilines is 1. The zero-order valence-corrected chi connectivity index (χ0v) is 15.0. The molecule has 27 heavy (non-hydrogen) atoms. The van der Waals surface area contributed by atoms with Gasteiger partial charge in [-0.05, 0) is 42.8 Å². The van der Waals surface area contributed by atoms with Crippen LogP contribution in [0.1, 0.15) is 5.56 Å². The van der Waals surface area contributed by atoms with Gasteiger partial charge >= 0.3 is 0 Å². The Balaban J connectivity index is 1.37. The molecule has 4 rings (SSSR count). The maximum Gasteiger partial charge on any atom is 0.277 e. The minimum absolute atomic E-state index is 0.0100. The number of nitrogens with one attached hydrogen (secondary N) is 1.